The van der Waals surface area contributed by atoms with Gasteiger partial charge in [0.15, 0.2) is 6.61 Å². The van der Waals surface area contributed by atoms with Crippen molar-refractivity contribution in [3.63, 3.8) is 0 Å². The lowest BCUT2D eigenvalue weighted by atomic mass is 10.1. The number of rotatable bonds is 6. The van der Waals surface area contributed by atoms with E-state index in [0.717, 1.165) is 11.1 Å². The highest BCUT2D eigenvalue weighted by atomic mass is 16.5. The minimum absolute atomic E-state index is 0.0551. The fraction of sp³-hybridized carbons (Fsp3) is 0.278. The maximum absolute atomic E-state index is 11.9. The number of aliphatic hydroxyl groups excluding tert-OH is 1. The van der Waals surface area contributed by atoms with E-state index < -0.39 is 6.10 Å². The zero-order valence-electron chi connectivity index (χ0n) is 12.8. The lowest BCUT2D eigenvalue weighted by Gasteiger charge is -2.15. The first-order valence-corrected chi connectivity index (χ1v) is 7.31. The van der Waals surface area contributed by atoms with Crippen LogP contribution in [-0.2, 0) is 4.79 Å². The van der Waals surface area contributed by atoms with E-state index in [9.17, 15) is 9.90 Å². The van der Waals surface area contributed by atoms with Crippen LogP contribution in [0.1, 0.15) is 37.1 Å². The molecule has 2 unspecified atom stereocenters. The van der Waals surface area contributed by atoms with Crippen molar-refractivity contribution in [2.75, 3.05) is 6.61 Å². The van der Waals surface area contributed by atoms with Crippen LogP contribution in [0.2, 0.25) is 0 Å². The van der Waals surface area contributed by atoms with Gasteiger partial charge in [-0.1, -0.05) is 42.5 Å². The van der Waals surface area contributed by atoms with Crippen molar-refractivity contribution >= 4 is 5.91 Å². The normalized spacial score (nSPS) is 13.2. The topological polar surface area (TPSA) is 58.6 Å². The summed E-state index contributed by atoms with van der Waals surface area (Å²) >= 11 is 0. The minimum Gasteiger partial charge on any atom is -0.484 e. The number of benzene rings is 2. The van der Waals surface area contributed by atoms with Crippen LogP contribution in [0.4, 0.5) is 0 Å². The van der Waals surface area contributed by atoms with Gasteiger partial charge in [-0.15, -0.1) is 0 Å². The van der Waals surface area contributed by atoms with Crippen LogP contribution in [0.5, 0.6) is 5.75 Å². The summed E-state index contributed by atoms with van der Waals surface area (Å²) in [5.74, 6) is 0.389. The largest absolute Gasteiger partial charge is 0.484 e. The van der Waals surface area contributed by atoms with Crippen LogP contribution in [0.25, 0.3) is 0 Å². The van der Waals surface area contributed by atoms with Gasteiger partial charge in [0.1, 0.15) is 5.75 Å². The van der Waals surface area contributed by atoms with E-state index in [-0.39, 0.29) is 18.6 Å². The lowest BCUT2D eigenvalue weighted by Crippen LogP contribution is -2.31. The van der Waals surface area contributed by atoms with Gasteiger partial charge in [0, 0.05) is 0 Å². The summed E-state index contributed by atoms with van der Waals surface area (Å²) in [5.41, 5.74) is 1.81. The summed E-state index contributed by atoms with van der Waals surface area (Å²) in [6.07, 6.45) is -0.560. The Morgan fingerprint density at radius 3 is 2.45 bits per heavy atom. The van der Waals surface area contributed by atoms with Crippen LogP contribution in [0.15, 0.2) is 54.6 Å². The highest BCUT2D eigenvalue weighted by Gasteiger charge is 2.10. The van der Waals surface area contributed by atoms with Crippen molar-refractivity contribution in [3.05, 3.63) is 65.7 Å². The number of ether oxygens (including phenoxy) is 1. The highest BCUT2D eigenvalue weighted by molar-refractivity contribution is 5.78. The molecular formula is C18H21NO3. The van der Waals surface area contributed by atoms with Crippen LogP contribution in [-0.4, -0.2) is 17.6 Å². The van der Waals surface area contributed by atoms with Gasteiger partial charge in [0.25, 0.3) is 5.91 Å². The summed E-state index contributed by atoms with van der Waals surface area (Å²) in [4.78, 5) is 11.9. The average molecular weight is 299 g/mol. The quantitative estimate of drug-likeness (QED) is 0.862. The molecule has 22 heavy (non-hydrogen) atoms. The molecule has 0 saturated heterocycles. The summed E-state index contributed by atoms with van der Waals surface area (Å²) in [7, 11) is 0. The van der Waals surface area contributed by atoms with E-state index >= 15 is 0 Å². The third kappa shape index (κ3) is 4.60. The monoisotopic (exact) mass is 299 g/mol. The van der Waals surface area contributed by atoms with E-state index in [1.807, 2.05) is 43.3 Å². The van der Waals surface area contributed by atoms with Crippen molar-refractivity contribution in [2.24, 2.45) is 0 Å². The SMILES string of the molecule is CC(O)c1cccc(OCC(=O)NC(C)c2ccccc2)c1. The number of carbonyl (C=O) groups is 1. The predicted octanol–water partition coefficient (Wildman–Crippen LogP) is 3.00. The highest BCUT2D eigenvalue weighted by Crippen LogP contribution is 2.18. The molecule has 1 amide bonds. The Morgan fingerprint density at radius 1 is 1.09 bits per heavy atom. The molecule has 0 heterocycles. The van der Waals surface area contributed by atoms with E-state index in [0.29, 0.717) is 5.75 Å². The van der Waals surface area contributed by atoms with Crippen molar-refractivity contribution in [3.8, 4) is 5.75 Å². The van der Waals surface area contributed by atoms with Crippen LogP contribution in [0.3, 0.4) is 0 Å². The second kappa shape index (κ2) is 7.61. The Morgan fingerprint density at radius 2 is 1.77 bits per heavy atom. The first kappa shape index (κ1) is 16.0. The molecule has 116 valence electrons. The molecule has 0 saturated carbocycles. The second-order valence-electron chi connectivity index (χ2n) is 5.24. The minimum atomic E-state index is -0.560. The molecule has 4 nitrogen and oxygen atoms in total. The maximum atomic E-state index is 11.9. The number of aliphatic hydroxyl groups is 1. The maximum Gasteiger partial charge on any atom is 0.258 e. The Hall–Kier alpha value is -2.33. The van der Waals surface area contributed by atoms with Crippen LogP contribution in [0, 0.1) is 0 Å². The Labute approximate surface area is 130 Å². The number of nitrogens with one attached hydrogen (secondary N) is 1. The molecular weight excluding hydrogens is 278 g/mol. The standard InChI is InChI=1S/C18H21NO3/c1-13(15-7-4-3-5-8-15)19-18(21)12-22-17-10-6-9-16(11-17)14(2)20/h3-11,13-14,20H,12H2,1-2H3,(H,19,21). The first-order valence-electron chi connectivity index (χ1n) is 7.31. The van der Waals surface area contributed by atoms with Crippen molar-refractivity contribution in [1.29, 1.82) is 0 Å². The first-order chi connectivity index (χ1) is 10.6. The molecule has 0 aromatic heterocycles. The van der Waals surface area contributed by atoms with E-state index in [4.69, 9.17) is 4.74 Å². The molecule has 0 radical (unpaired) electrons. The molecule has 0 fully saturated rings. The Balaban J connectivity index is 1.86. The van der Waals surface area contributed by atoms with Crippen molar-refractivity contribution in [2.45, 2.75) is 26.0 Å². The molecule has 0 aliphatic heterocycles. The van der Waals surface area contributed by atoms with Gasteiger partial charge < -0.3 is 15.2 Å². The summed E-state index contributed by atoms with van der Waals surface area (Å²) < 4.78 is 5.47. The smallest absolute Gasteiger partial charge is 0.258 e. The van der Waals surface area contributed by atoms with Gasteiger partial charge in [-0.3, -0.25) is 4.79 Å². The van der Waals surface area contributed by atoms with E-state index in [1.54, 1.807) is 25.1 Å². The number of carbonyl (C=O) groups excluding carboxylic acids is 1. The van der Waals surface area contributed by atoms with Gasteiger partial charge in [-0.05, 0) is 37.1 Å². The number of amides is 1. The molecule has 2 aromatic rings. The van der Waals surface area contributed by atoms with Gasteiger partial charge in [0.05, 0.1) is 12.1 Å². The Bertz CT molecular complexity index is 611. The zero-order valence-corrected chi connectivity index (χ0v) is 12.8. The van der Waals surface area contributed by atoms with Crippen molar-refractivity contribution < 1.29 is 14.6 Å². The molecule has 0 spiro atoms. The second-order valence-corrected chi connectivity index (χ2v) is 5.24. The third-order valence-electron chi connectivity index (χ3n) is 3.39. The summed E-state index contributed by atoms with van der Waals surface area (Å²) in [6.45, 7) is 3.56. The van der Waals surface area contributed by atoms with Crippen LogP contribution >= 0.6 is 0 Å². The van der Waals surface area contributed by atoms with Crippen LogP contribution < -0.4 is 10.1 Å². The molecule has 0 bridgehead atoms. The Kier molecular flexibility index (Phi) is 5.55. The number of hydrogen-bond acceptors (Lipinski definition) is 3. The molecule has 4 heteroatoms. The van der Waals surface area contributed by atoms with E-state index in [2.05, 4.69) is 5.32 Å². The molecule has 0 aliphatic carbocycles. The van der Waals surface area contributed by atoms with Crippen molar-refractivity contribution in [1.82, 2.24) is 5.32 Å². The predicted molar refractivity (Wildman–Crippen MR) is 85.6 cm³/mol. The molecule has 2 rings (SSSR count). The summed E-state index contributed by atoms with van der Waals surface area (Å²) in [6, 6.07) is 16.8. The molecule has 2 aromatic carbocycles. The number of hydrogen-bond donors (Lipinski definition) is 2. The zero-order chi connectivity index (χ0) is 15.9. The van der Waals surface area contributed by atoms with Gasteiger partial charge in [-0.2, -0.15) is 0 Å². The average Bonchev–Trinajstić information content (AvgIpc) is 2.54. The third-order valence-corrected chi connectivity index (χ3v) is 3.39. The fourth-order valence-corrected chi connectivity index (χ4v) is 2.12. The van der Waals surface area contributed by atoms with Gasteiger partial charge >= 0.3 is 0 Å². The van der Waals surface area contributed by atoms with E-state index in [1.165, 1.54) is 0 Å². The lowest BCUT2D eigenvalue weighted by molar-refractivity contribution is -0.123. The fourth-order valence-electron chi connectivity index (χ4n) is 2.12. The molecule has 0 aliphatic rings. The molecule has 2 N–H and O–H groups in total. The van der Waals surface area contributed by atoms with Gasteiger partial charge in [-0.25, -0.2) is 0 Å². The summed E-state index contributed by atoms with van der Waals surface area (Å²) in [5, 5.41) is 12.4. The molecule has 2 atom stereocenters. The van der Waals surface area contributed by atoms with Gasteiger partial charge in [0.2, 0.25) is 0 Å².